The van der Waals surface area contributed by atoms with Crippen LogP contribution in [0.3, 0.4) is 0 Å². The van der Waals surface area contributed by atoms with Crippen molar-refractivity contribution < 1.29 is 4.92 Å². The van der Waals surface area contributed by atoms with Crippen LogP contribution in [0.15, 0.2) is 36.0 Å². The molecule has 1 aromatic heterocycles. The Kier molecular flexibility index (Phi) is 4.31. The lowest BCUT2D eigenvalue weighted by Crippen LogP contribution is -2.34. The van der Waals surface area contributed by atoms with Crippen molar-refractivity contribution in [2.24, 2.45) is 11.0 Å². The van der Waals surface area contributed by atoms with Gasteiger partial charge in [-0.15, -0.1) is 10.2 Å². The molecule has 8 heteroatoms. The third-order valence-electron chi connectivity index (χ3n) is 3.94. The van der Waals surface area contributed by atoms with Crippen molar-refractivity contribution in [3.63, 3.8) is 0 Å². The second-order valence-corrected chi connectivity index (χ2v) is 5.79. The predicted octanol–water partition coefficient (Wildman–Crippen LogP) is 2.30. The van der Waals surface area contributed by atoms with Gasteiger partial charge in [-0.1, -0.05) is 13.0 Å². The van der Waals surface area contributed by atoms with Gasteiger partial charge in [0.25, 0.3) is 5.69 Å². The Morgan fingerprint density at radius 1 is 1.39 bits per heavy atom. The van der Waals surface area contributed by atoms with Gasteiger partial charge in [-0.25, -0.2) is 4.68 Å². The zero-order valence-corrected chi connectivity index (χ0v) is 12.9. The highest BCUT2D eigenvalue weighted by Crippen LogP contribution is 2.32. The molecule has 1 saturated heterocycles. The number of hydrogen-bond donors (Lipinski definition) is 0. The highest BCUT2D eigenvalue weighted by atomic mass is 16.6. The molecule has 2 aromatic rings. The van der Waals surface area contributed by atoms with Crippen LogP contribution in [0.2, 0.25) is 0 Å². The van der Waals surface area contributed by atoms with E-state index in [0.29, 0.717) is 17.2 Å². The minimum atomic E-state index is -0.329. The topological polar surface area (TPSA) is 89.5 Å². The van der Waals surface area contributed by atoms with Crippen LogP contribution in [-0.2, 0) is 0 Å². The Labute approximate surface area is 133 Å². The fourth-order valence-electron chi connectivity index (χ4n) is 2.83. The third-order valence-corrected chi connectivity index (χ3v) is 3.94. The van der Waals surface area contributed by atoms with E-state index in [9.17, 15) is 10.1 Å². The van der Waals surface area contributed by atoms with Crippen LogP contribution in [0.1, 0.15) is 25.3 Å². The van der Waals surface area contributed by atoms with Crippen LogP contribution < -0.4 is 4.90 Å². The molecule has 1 atom stereocenters. The molecule has 1 fully saturated rings. The molecule has 0 N–H and O–H groups in total. The van der Waals surface area contributed by atoms with Crippen LogP contribution in [0.4, 0.5) is 11.4 Å². The number of nitro benzene ring substituents is 1. The summed E-state index contributed by atoms with van der Waals surface area (Å²) in [7, 11) is 0. The first-order valence-electron chi connectivity index (χ1n) is 7.56. The fourth-order valence-corrected chi connectivity index (χ4v) is 2.83. The molecule has 1 aromatic carbocycles. The standard InChI is InChI=1S/C15H18N6O2/c1-12-3-2-6-19(9-12)14-5-4-13(7-15(14)21(22)23)8-18-20-10-16-17-11-20/h4-5,7-8,10-12H,2-3,6,9H2,1H3. The zero-order valence-electron chi connectivity index (χ0n) is 12.9. The van der Waals surface area contributed by atoms with Gasteiger partial charge in [0.1, 0.15) is 18.3 Å². The Morgan fingerprint density at radius 2 is 2.17 bits per heavy atom. The Hall–Kier alpha value is -2.77. The monoisotopic (exact) mass is 314 g/mol. The average Bonchev–Trinajstić information content (AvgIpc) is 3.06. The molecule has 3 rings (SSSR count). The summed E-state index contributed by atoms with van der Waals surface area (Å²) in [5, 5.41) is 22.9. The van der Waals surface area contributed by atoms with Gasteiger partial charge in [0, 0.05) is 24.7 Å². The maximum Gasteiger partial charge on any atom is 0.293 e. The molecule has 1 unspecified atom stereocenters. The van der Waals surface area contributed by atoms with E-state index in [4.69, 9.17) is 0 Å². The molecule has 8 nitrogen and oxygen atoms in total. The van der Waals surface area contributed by atoms with Gasteiger partial charge in [0.05, 0.1) is 11.1 Å². The van der Waals surface area contributed by atoms with Gasteiger partial charge in [0.15, 0.2) is 0 Å². The van der Waals surface area contributed by atoms with E-state index in [1.54, 1.807) is 12.3 Å². The van der Waals surface area contributed by atoms with E-state index < -0.39 is 0 Å². The van der Waals surface area contributed by atoms with Crippen LogP contribution >= 0.6 is 0 Å². The Balaban J connectivity index is 1.88. The van der Waals surface area contributed by atoms with Crippen molar-refractivity contribution in [3.8, 4) is 0 Å². The maximum absolute atomic E-state index is 11.4. The summed E-state index contributed by atoms with van der Waals surface area (Å²) in [4.78, 5) is 13.2. The smallest absolute Gasteiger partial charge is 0.293 e. The Morgan fingerprint density at radius 3 is 2.87 bits per heavy atom. The van der Waals surface area contributed by atoms with Crippen LogP contribution in [0.5, 0.6) is 0 Å². The van der Waals surface area contributed by atoms with E-state index in [-0.39, 0.29) is 10.6 Å². The van der Waals surface area contributed by atoms with Gasteiger partial charge < -0.3 is 4.90 Å². The molecule has 120 valence electrons. The van der Waals surface area contributed by atoms with Gasteiger partial charge in [-0.05, 0) is 24.8 Å². The minimum absolute atomic E-state index is 0.117. The number of benzene rings is 1. The lowest BCUT2D eigenvalue weighted by Gasteiger charge is -2.32. The van der Waals surface area contributed by atoms with Gasteiger partial charge in [-0.2, -0.15) is 5.10 Å². The minimum Gasteiger partial charge on any atom is -0.366 e. The van der Waals surface area contributed by atoms with Crippen molar-refractivity contribution in [3.05, 3.63) is 46.5 Å². The molecule has 0 bridgehead atoms. The van der Waals surface area contributed by atoms with Crippen molar-refractivity contribution >= 4 is 17.6 Å². The Bertz CT molecular complexity index is 713. The number of hydrogen-bond acceptors (Lipinski definition) is 6. The van der Waals surface area contributed by atoms with Gasteiger partial charge >= 0.3 is 0 Å². The summed E-state index contributed by atoms with van der Waals surface area (Å²) in [6, 6.07) is 5.21. The lowest BCUT2D eigenvalue weighted by atomic mass is 9.99. The van der Waals surface area contributed by atoms with Gasteiger partial charge in [-0.3, -0.25) is 10.1 Å². The van der Waals surface area contributed by atoms with Crippen molar-refractivity contribution in [2.75, 3.05) is 18.0 Å². The summed E-state index contributed by atoms with van der Waals surface area (Å²) in [6.45, 7) is 3.90. The molecule has 0 amide bonds. The largest absolute Gasteiger partial charge is 0.366 e. The molecular formula is C15H18N6O2. The number of aromatic nitrogens is 3. The molecule has 1 aliphatic heterocycles. The average molecular weight is 314 g/mol. The summed E-state index contributed by atoms with van der Waals surface area (Å²) in [6.07, 6.45) is 6.70. The highest BCUT2D eigenvalue weighted by molar-refractivity contribution is 5.83. The first-order chi connectivity index (χ1) is 11.1. The summed E-state index contributed by atoms with van der Waals surface area (Å²) >= 11 is 0. The molecule has 0 spiro atoms. The second-order valence-electron chi connectivity index (χ2n) is 5.79. The molecular weight excluding hydrogens is 296 g/mol. The van der Waals surface area contributed by atoms with Crippen LogP contribution in [0, 0.1) is 16.0 Å². The first-order valence-corrected chi connectivity index (χ1v) is 7.56. The molecule has 1 aliphatic rings. The zero-order chi connectivity index (χ0) is 16.2. The van der Waals surface area contributed by atoms with Crippen molar-refractivity contribution in [1.82, 2.24) is 14.9 Å². The van der Waals surface area contributed by atoms with E-state index in [0.717, 1.165) is 19.5 Å². The van der Waals surface area contributed by atoms with Crippen LogP contribution in [0.25, 0.3) is 0 Å². The maximum atomic E-state index is 11.4. The summed E-state index contributed by atoms with van der Waals surface area (Å²) in [5.41, 5.74) is 1.47. The number of anilines is 1. The number of nitrogens with zero attached hydrogens (tertiary/aromatic N) is 6. The summed E-state index contributed by atoms with van der Waals surface area (Å²) in [5.74, 6) is 0.554. The SMILES string of the molecule is CC1CCCN(c2ccc(C=Nn3cnnc3)cc2[N+](=O)[O-])C1. The number of piperidine rings is 1. The summed E-state index contributed by atoms with van der Waals surface area (Å²) < 4.78 is 1.44. The van der Waals surface area contributed by atoms with E-state index in [1.165, 1.54) is 23.8 Å². The van der Waals surface area contributed by atoms with Crippen LogP contribution in [-0.4, -0.2) is 39.1 Å². The molecule has 0 aliphatic carbocycles. The van der Waals surface area contributed by atoms with Gasteiger partial charge in [0.2, 0.25) is 0 Å². The van der Waals surface area contributed by atoms with E-state index in [1.807, 2.05) is 12.1 Å². The lowest BCUT2D eigenvalue weighted by molar-refractivity contribution is -0.384. The number of nitro groups is 1. The quantitative estimate of drug-likeness (QED) is 0.491. The van der Waals surface area contributed by atoms with E-state index >= 15 is 0 Å². The molecule has 0 radical (unpaired) electrons. The third kappa shape index (κ3) is 3.53. The van der Waals surface area contributed by atoms with Crippen molar-refractivity contribution in [1.29, 1.82) is 0 Å². The first kappa shape index (κ1) is 15.1. The molecule has 0 saturated carbocycles. The second kappa shape index (κ2) is 6.55. The highest BCUT2D eigenvalue weighted by Gasteiger charge is 2.23. The van der Waals surface area contributed by atoms with Crippen molar-refractivity contribution in [2.45, 2.75) is 19.8 Å². The normalized spacial score (nSPS) is 18.5. The molecule has 2 heterocycles. The number of rotatable bonds is 4. The predicted molar refractivity (Wildman–Crippen MR) is 86.7 cm³/mol. The fraction of sp³-hybridized carbons (Fsp3) is 0.400. The van der Waals surface area contributed by atoms with E-state index in [2.05, 4.69) is 27.1 Å². The molecule has 23 heavy (non-hydrogen) atoms.